The number of ether oxygens (including phenoxy) is 1. The van der Waals surface area contributed by atoms with Crippen LogP contribution in [0.25, 0.3) is 0 Å². The molecule has 118 valence electrons. The quantitative estimate of drug-likeness (QED) is 0.785. The molecule has 1 amide bonds. The molecule has 0 unspecified atom stereocenters. The minimum Gasteiger partial charge on any atom is -0.487 e. The van der Waals surface area contributed by atoms with E-state index in [1.165, 1.54) is 0 Å². The van der Waals surface area contributed by atoms with Crippen molar-refractivity contribution in [3.63, 3.8) is 0 Å². The molecule has 3 rings (SSSR count). The molecule has 0 radical (unpaired) electrons. The maximum absolute atomic E-state index is 12.2. The molecule has 0 aliphatic carbocycles. The van der Waals surface area contributed by atoms with Crippen molar-refractivity contribution in [1.82, 2.24) is 5.06 Å². The highest BCUT2D eigenvalue weighted by atomic mass is 35.5. The van der Waals surface area contributed by atoms with Crippen LogP contribution in [0.2, 0.25) is 5.02 Å². The largest absolute Gasteiger partial charge is 0.487 e. The number of fused-ring (bicyclic) bond motifs is 1. The maximum atomic E-state index is 12.2. The molecule has 2 aliphatic rings. The van der Waals surface area contributed by atoms with Crippen molar-refractivity contribution in [2.75, 3.05) is 0 Å². The summed E-state index contributed by atoms with van der Waals surface area (Å²) in [5, 5.41) is 1.57. The van der Waals surface area contributed by atoms with Crippen LogP contribution in [0.5, 0.6) is 5.75 Å². The van der Waals surface area contributed by atoms with Crippen molar-refractivity contribution < 1.29 is 19.2 Å². The second-order valence-electron chi connectivity index (χ2n) is 6.94. The topological polar surface area (TPSA) is 55.8 Å². The summed E-state index contributed by atoms with van der Waals surface area (Å²) < 4.78 is 5.82. The number of carbonyl (C=O) groups is 2. The molecular weight excluding hydrogens is 306 g/mol. The predicted molar refractivity (Wildman–Crippen MR) is 80.3 cm³/mol. The molecule has 5 nitrogen and oxygen atoms in total. The van der Waals surface area contributed by atoms with Crippen LogP contribution in [0.3, 0.4) is 0 Å². The molecule has 22 heavy (non-hydrogen) atoms. The normalized spacial score (nSPS) is 21.6. The summed E-state index contributed by atoms with van der Waals surface area (Å²) in [6.07, 6.45) is 0.770. The minimum atomic E-state index is -1.14. The summed E-state index contributed by atoms with van der Waals surface area (Å²) in [7, 11) is 0. The van der Waals surface area contributed by atoms with E-state index < -0.39 is 11.4 Å². The van der Waals surface area contributed by atoms with Gasteiger partial charge in [0.1, 0.15) is 16.8 Å². The van der Waals surface area contributed by atoms with Gasteiger partial charge in [-0.05, 0) is 51.0 Å². The third-order valence-corrected chi connectivity index (χ3v) is 4.36. The number of hydrogen-bond acceptors (Lipinski definition) is 4. The van der Waals surface area contributed by atoms with Crippen LogP contribution in [0.1, 0.15) is 38.8 Å². The Hall–Kier alpha value is -1.75. The predicted octanol–water partition coefficient (Wildman–Crippen LogP) is 2.88. The Bertz CT molecular complexity index is 681. The fraction of sp³-hybridized carbons (Fsp3) is 0.500. The number of rotatable bonds is 2. The van der Waals surface area contributed by atoms with E-state index in [1.54, 1.807) is 19.9 Å². The molecular formula is C16H18ClNO4. The van der Waals surface area contributed by atoms with Gasteiger partial charge >= 0.3 is 5.97 Å². The lowest BCUT2D eigenvalue weighted by molar-refractivity contribution is -0.180. The Kier molecular flexibility index (Phi) is 3.18. The molecule has 2 heterocycles. The van der Waals surface area contributed by atoms with E-state index in [0.29, 0.717) is 5.02 Å². The van der Waals surface area contributed by atoms with Crippen LogP contribution in [0.15, 0.2) is 12.1 Å². The average molecular weight is 324 g/mol. The van der Waals surface area contributed by atoms with E-state index >= 15 is 0 Å². The van der Waals surface area contributed by atoms with Crippen LogP contribution in [-0.4, -0.2) is 22.5 Å². The van der Waals surface area contributed by atoms with Gasteiger partial charge in [0, 0.05) is 11.4 Å². The molecule has 1 fully saturated rings. The number of hydroxylamine groups is 2. The SMILES string of the molecule is CC1(C)Cc2cc(CN3OC(=O)C(C)(C)C3=O)c(Cl)cc2O1. The lowest BCUT2D eigenvalue weighted by Crippen LogP contribution is -2.31. The van der Waals surface area contributed by atoms with Gasteiger partial charge in [0.05, 0.1) is 6.54 Å². The summed E-state index contributed by atoms with van der Waals surface area (Å²) in [6, 6.07) is 3.67. The van der Waals surface area contributed by atoms with Crippen LogP contribution in [-0.2, 0) is 27.4 Å². The Balaban J connectivity index is 1.86. The van der Waals surface area contributed by atoms with Gasteiger partial charge in [-0.3, -0.25) is 4.79 Å². The number of hydrogen-bond donors (Lipinski definition) is 0. The van der Waals surface area contributed by atoms with Crippen molar-refractivity contribution in [2.24, 2.45) is 5.41 Å². The number of benzene rings is 1. The summed E-state index contributed by atoms with van der Waals surface area (Å²) in [4.78, 5) is 29.0. The van der Waals surface area contributed by atoms with Gasteiger partial charge in [0.15, 0.2) is 0 Å². The summed E-state index contributed by atoms with van der Waals surface area (Å²) in [5.41, 5.74) is 0.374. The van der Waals surface area contributed by atoms with Gasteiger partial charge in [0.25, 0.3) is 5.91 Å². The van der Waals surface area contributed by atoms with Crippen LogP contribution < -0.4 is 4.74 Å². The number of carbonyl (C=O) groups excluding carboxylic acids is 2. The first-order chi connectivity index (χ1) is 10.1. The Morgan fingerprint density at radius 1 is 1.23 bits per heavy atom. The smallest absolute Gasteiger partial charge is 0.347 e. The van der Waals surface area contributed by atoms with Gasteiger partial charge in [0.2, 0.25) is 0 Å². The number of halogens is 1. The van der Waals surface area contributed by atoms with Gasteiger partial charge in [-0.1, -0.05) is 11.6 Å². The molecule has 0 bridgehead atoms. The van der Waals surface area contributed by atoms with Crippen LogP contribution in [0, 0.1) is 5.41 Å². The molecule has 0 atom stereocenters. The van der Waals surface area contributed by atoms with Gasteiger partial charge < -0.3 is 9.57 Å². The van der Waals surface area contributed by atoms with Gasteiger partial charge in [-0.15, -0.1) is 0 Å². The summed E-state index contributed by atoms with van der Waals surface area (Å²) in [6.45, 7) is 7.26. The molecule has 0 spiro atoms. The lowest BCUT2D eigenvalue weighted by Gasteiger charge is -2.17. The van der Waals surface area contributed by atoms with E-state index in [2.05, 4.69) is 0 Å². The Labute approximate surface area is 134 Å². The zero-order valence-corrected chi connectivity index (χ0v) is 13.8. The first-order valence-electron chi connectivity index (χ1n) is 7.15. The highest BCUT2D eigenvalue weighted by Crippen LogP contribution is 2.39. The first kappa shape index (κ1) is 15.2. The molecule has 1 saturated heterocycles. The monoisotopic (exact) mass is 323 g/mol. The van der Waals surface area contributed by atoms with Gasteiger partial charge in [-0.25, -0.2) is 4.79 Å². The highest BCUT2D eigenvalue weighted by molar-refractivity contribution is 6.31. The molecule has 0 saturated carbocycles. The Morgan fingerprint density at radius 2 is 1.91 bits per heavy atom. The third kappa shape index (κ3) is 2.33. The molecule has 1 aromatic rings. The van der Waals surface area contributed by atoms with E-state index in [0.717, 1.165) is 28.4 Å². The fourth-order valence-electron chi connectivity index (χ4n) is 2.71. The highest BCUT2D eigenvalue weighted by Gasteiger charge is 2.49. The number of nitrogens with zero attached hydrogens (tertiary/aromatic N) is 1. The van der Waals surface area contributed by atoms with Crippen molar-refractivity contribution in [2.45, 2.75) is 46.3 Å². The zero-order valence-electron chi connectivity index (χ0n) is 13.0. The molecule has 2 aliphatic heterocycles. The fourth-order valence-corrected chi connectivity index (χ4v) is 2.92. The molecule has 1 aromatic carbocycles. The summed E-state index contributed by atoms with van der Waals surface area (Å²) >= 11 is 6.28. The molecule has 6 heteroatoms. The summed E-state index contributed by atoms with van der Waals surface area (Å²) in [5.74, 6) is -0.131. The van der Waals surface area contributed by atoms with E-state index in [-0.39, 0.29) is 18.1 Å². The first-order valence-corrected chi connectivity index (χ1v) is 7.53. The third-order valence-electron chi connectivity index (χ3n) is 4.01. The molecule has 0 N–H and O–H groups in total. The Morgan fingerprint density at radius 3 is 2.50 bits per heavy atom. The van der Waals surface area contributed by atoms with Crippen molar-refractivity contribution in [3.8, 4) is 5.75 Å². The van der Waals surface area contributed by atoms with Crippen molar-refractivity contribution in [1.29, 1.82) is 0 Å². The number of amides is 1. The average Bonchev–Trinajstić information content (AvgIpc) is 2.78. The van der Waals surface area contributed by atoms with Crippen molar-refractivity contribution >= 4 is 23.5 Å². The van der Waals surface area contributed by atoms with E-state index in [4.69, 9.17) is 21.2 Å². The van der Waals surface area contributed by atoms with E-state index in [1.807, 2.05) is 19.9 Å². The van der Waals surface area contributed by atoms with Gasteiger partial charge in [-0.2, -0.15) is 5.06 Å². The second kappa shape index (κ2) is 4.62. The van der Waals surface area contributed by atoms with Crippen LogP contribution >= 0.6 is 11.6 Å². The zero-order chi connectivity index (χ0) is 16.3. The van der Waals surface area contributed by atoms with Crippen LogP contribution in [0.4, 0.5) is 0 Å². The lowest BCUT2D eigenvalue weighted by atomic mass is 9.93. The van der Waals surface area contributed by atoms with E-state index in [9.17, 15) is 9.59 Å². The maximum Gasteiger partial charge on any atom is 0.347 e. The standard InChI is InChI=1S/C16H18ClNO4/c1-15(2)7-9-5-10(11(17)6-12(9)21-15)8-18-13(19)16(3,4)14(20)22-18/h5-6H,7-8H2,1-4H3. The van der Waals surface area contributed by atoms with Crippen molar-refractivity contribution in [3.05, 3.63) is 28.3 Å². The second-order valence-corrected chi connectivity index (χ2v) is 7.34. The minimum absolute atomic E-state index is 0.139. The molecule has 0 aromatic heterocycles.